The number of aryl methyl sites for hydroxylation is 3. The lowest BCUT2D eigenvalue weighted by Crippen LogP contribution is -2.24. The van der Waals surface area contributed by atoms with Crippen LogP contribution in [0.15, 0.2) is 72.8 Å². The molecule has 1 aromatic heterocycles. The smallest absolute Gasteiger partial charge is 0.223 e. The summed E-state index contributed by atoms with van der Waals surface area (Å²) in [5.74, 6) is 2.36. The van der Waals surface area contributed by atoms with Gasteiger partial charge in [0.25, 0.3) is 0 Å². The average molecular weight is 468 g/mol. The summed E-state index contributed by atoms with van der Waals surface area (Å²) in [7, 11) is 0. The fourth-order valence-electron chi connectivity index (χ4n) is 5.12. The average Bonchev–Trinajstić information content (AvgIpc) is 3.41. The largest absolute Gasteiger partial charge is 0.493 e. The maximum absolute atomic E-state index is 12.9. The summed E-state index contributed by atoms with van der Waals surface area (Å²) < 4.78 is 8.44. The molecule has 0 spiro atoms. The van der Waals surface area contributed by atoms with Gasteiger partial charge in [-0.25, -0.2) is 4.98 Å². The number of nitrogens with zero attached hydrogens (tertiary/aromatic N) is 3. The number of ether oxygens (including phenoxy) is 1. The number of aromatic nitrogens is 2. The third-order valence-corrected chi connectivity index (χ3v) is 6.91. The zero-order valence-electron chi connectivity index (χ0n) is 20.6. The molecule has 0 aliphatic carbocycles. The van der Waals surface area contributed by atoms with Crippen molar-refractivity contribution in [3.8, 4) is 5.75 Å². The van der Waals surface area contributed by atoms with E-state index < -0.39 is 0 Å². The minimum absolute atomic E-state index is 0.115. The number of fused-ring (bicyclic) bond motifs is 1. The predicted molar refractivity (Wildman–Crippen MR) is 140 cm³/mol. The molecule has 1 unspecified atom stereocenters. The minimum Gasteiger partial charge on any atom is -0.493 e. The molecule has 5 rings (SSSR count). The van der Waals surface area contributed by atoms with Gasteiger partial charge in [-0.2, -0.15) is 0 Å². The standard InChI is InChI=1S/C30H33N3O2/c1-22-11-10-12-23(2)29(22)35-18-9-8-17-33-27-16-7-6-15-26(27)31-30(33)25-19-28(34)32(21-25)20-24-13-4-3-5-14-24/h3-7,10-16,25H,8-9,17-21H2,1-2H3. The quantitative estimate of drug-likeness (QED) is 0.283. The van der Waals surface area contributed by atoms with E-state index in [-0.39, 0.29) is 11.8 Å². The number of unbranched alkanes of at least 4 members (excludes halogenated alkanes) is 1. The molecule has 0 N–H and O–H groups in total. The zero-order chi connectivity index (χ0) is 24.2. The number of rotatable bonds is 9. The van der Waals surface area contributed by atoms with Crippen LogP contribution in [0.5, 0.6) is 5.75 Å². The van der Waals surface area contributed by atoms with Gasteiger partial charge in [0.05, 0.1) is 17.6 Å². The van der Waals surface area contributed by atoms with Gasteiger partial charge in [-0.1, -0.05) is 60.7 Å². The first-order valence-corrected chi connectivity index (χ1v) is 12.6. The molecule has 1 aliphatic heterocycles. The van der Waals surface area contributed by atoms with Crippen LogP contribution < -0.4 is 4.74 Å². The van der Waals surface area contributed by atoms with Crippen molar-refractivity contribution in [2.24, 2.45) is 0 Å². The van der Waals surface area contributed by atoms with Gasteiger partial charge in [0.15, 0.2) is 0 Å². The van der Waals surface area contributed by atoms with Crippen molar-refractivity contribution in [2.75, 3.05) is 13.2 Å². The summed E-state index contributed by atoms with van der Waals surface area (Å²) in [6, 6.07) is 24.8. The van der Waals surface area contributed by atoms with Gasteiger partial charge in [0, 0.05) is 32.0 Å². The van der Waals surface area contributed by atoms with Gasteiger partial charge in [0.1, 0.15) is 11.6 Å². The molecule has 3 aromatic carbocycles. The van der Waals surface area contributed by atoms with E-state index in [0.717, 1.165) is 42.0 Å². The molecule has 0 saturated carbocycles. The van der Waals surface area contributed by atoms with Crippen molar-refractivity contribution in [3.63, 3.8) is 0 Å². The molecule has 5 heteroatoms. The number of amides is 1. The molecule has 0 bridgehead atoms. The topological polar surface area (TPSA) is 47.4 Å². The normalized spacial score (nSPS) is 15.8. The maximum Gasteiger partial charge on any atom is 0.223 e. The van der Waals surface area contributed by atoms with E-state index >= 15 is 0 Å². The van der Waals surface area contributed by atoms with Gasteiger partial charge >= 0.3 is 0 Å². The van der Waals surface area contributed by atoms with Crippen LogP contribution in [0.1, 0.15) is 47.7 Å². The first-order valence-electron chi connectivity index (χ1n) is 12.6. The van der Waals surface area contributed by atoms with Crippen molar-refractivity contribution in [3.05, 3.63) is 95.3 Å². The van der Waals surface area contributed by atoms with Crippen LogP contribution in [0.4, 0.5) is 0 Å². The number of imidazole rings is 1. The molecule has 4 aromatic rings. The Kier molecular flexibility index (Phi) is 6.84. The van der Waals surface area contributed by atoms with Crippen LogP contribution in [0.2, 0.25) is 0 Å². The Morgan fingerprint density at radius 3 is 2.46 bits per heavy atom. The highest BCUT2D eigenvalue weighted by atomic mass is 16.5. The Morgan fingerprint density at radius 2 is 1.66 bits per heavy atom. The Balaban J connectivity index is 1.27. The van der Waals surface area contributed by atoms with Crippen molar-refractivity contribution in [2.45, 2.75) is 52.1 Å². The molecule has 35 heavy (non-hydrogen) atoms. The molecule has 0 radical (unpaired) electrons. The number of hydrogen-bond donors (Lipinski definition) is 0. The van der Waals surface area contributed by atoms with E-state index in [2.05, 4.69) is 66.9 Å². The highest BCUT2D eigenvalue weighted by molar-refractivity contribution is 5.81. The van der Waals surface area contributed by atoms with E-state index in [0.29, 0.717) is 26.1 Å². The molecule has 5 nitrogen and oxygen atoms in total. The van der Waals surface area contributed by atoms with E-state index in [9.17, 15) is 4.79 Å². The Labute approximate surface area is 207 Å². The van der Waals surface area contributed by atoms with E-state index in [1.165, 1.54) is 16.7 Å². The van der Waals surface area contributed by atoms with Gasteiger partial charge < -0.3 is 14.2 Å². The summed E-state index contributed by atoms with van der Waals surface area (Å²) in [5, 5.41) is 0. The Bertz CT molecular complexity index is 1290. The third-order valence-electron chi connectivity index (χ3n) is 6.91. The fourth-order valence-corrected chi connectivity index (χ4v) is 5.12. The Hall–Kier alpha value is -3.60. The summed E-state index contributed by atoms with van der Waals surface area (Å²) in [6.45, 7) is 7.13. The number of benzene rings is 3. The monoisotopic (exact) mass is 467 g/mol. The lowest BCUT2D eigenvalue weighted by molar-refractivity contribution is -0.128. The predicted octanol–water partition coefficient (Wildman–Crippen LogP) is 6.03. The maximum atomic E-state index is 12.9. The minimum atomic E-state index is 0.115. The first kappa shape index (κ1) is 23.2. The van der Waals surface area contributed by atoms with Crippen molar-refractivity contribution in [1.82, 2.24) is 14.5 Å². The van der Waals surface area contributed by atoms with Crippen LogP contribution in [-0.2, 0) is 17.9 Å². The molecule has 1 saturated heterocycles. The highest BCUT2D eigenvalue weighted by Gasteiger charge is 2.33. The van der Waals surface area contributed by atoms with Gasteiger partial charge in [-0.05, 0) is 55.5 Å². The molecule has 1 atom stereocenters. The second-order valence-electron chi connectivity index (χ2n) is 9.55. The van der Waals surface area contributed by atoms with Gasteiger partial charge in [-0.15, -0.1) is 0 Å². The van der Waals surface area contributed by atoms with Gasteiger partial charge in [0.2, 0.25) is 5.91 Å². The third kappa shape index (κ3) is 5.09. The molecule has 2 heterocycles. The highest BCUT2D eigenvalue weighted by Crippen LogP contribution is 2.31. The van der Waals surface area contributed by atoms with Crippen molar-refractivity contribution in [1.29, 1.82) is 0 Å². The molecule has 1 aliphatic rings. The van der Waals surface area contributed by atoms with Crippen LogP contribution in [0.25, 0.3) is 11.0 Å². The summed E-state index contributed by atoms with van der Waals surface area (Å²) >= 11 is 0. The van der Waals surface area contributed by atoms with Crippen LogP contribution in [0, 0.1) is 13.8 Å². The van der Waals surface area contributed by atoms with Crippen LogP contribution >= 0.6 is 0 Å². The number of para-hydroxylation sites is 3. The molecular weight excluding hydrogens is 434 g/mol. The second-order valence-corrected chi connectivity index (χ2v) is 9.55. The lowest BCUT2D eigenvalue weighted by atomic mass is 10.1. The van der Waals surface area contributed by atoms with E-state index in [1.807, 2.05) is 29.2 Å². The molecule has 1 amide bonds. The zero-order valence-corrected chi connectivity index (χ0v) is 20.6. The summed E-state index contributed by atoms with van der Waals surface area (Å²) in [5.41, 5.74) is 5.67. The number of carbonyl (C=O) groups is 1. The van der Waals surface area contributed by atoms with Crippen LogP contribution in [-0.4, -0.2) is 33.5 Å². The van der Waals surface area contributed by atoms with Crippen molar-refractivity contribution >= 4 is 16.9 Å². The van der Waals surface area contributed by atoms with Crippen molar-refractivity contribution < 1.29 is 9.53 Å². The number of carbonyl (C=O) groups excluding carboxylic acids is 1. The van der Waals surface area contributed by atoms with E-state index in [1.54, 1.807) is 0 Å². The van der Waals surface area contributed by atoms with Gasteiger partial charge in [-0.3, -0.25) is 4.79 Å². The van der Waals surface area contributed by atoms with E-state index in [4.69, 9.17) is 9.72 Å². The SMILES string of the molecule is Cc1cccc(C)c1OCCCCn1c(C2CC(=O)N(Cc3ccccc3)C2)nc2ccccc21. The van der Waals surface area contributed by atoms with Crippen LogP contribution in [0.3, 0.4) is 0 Å². The molecule has 1 fully saturated rings. The first-order chi connectivity index (χ1) is 17.1. The molecule has 180 valence electrons. The fraction of sp³-hybridized carbons (Fsp3) is 0.333. The Morgan fingerprint density at radius 1 is 0.914 bits per heavy atom. The lowest BCUT2D eigenvalue weighted by Gasteiger charge is -2.17. The summed E-state index contributed by atoms with van der Waals surface area (Å²) in [4.78, 5) is 19.8. The summed E-state index contributed by atoms with van der Waals surface area (Å²) in [6.07, 6.45) is 2.47. The molecular formula is C30H33N3O2. The second kappa shape index (κ2) is 10.3. The number of hydrogen-bond acceptors (Lipinski definition) is 3. The number of likely N-dealkylation sites (tertiary alicyclic amines) is 1.